The van der Waals surface area contributed by atoms with Crippen molar-refractivity contribution < 1.29 is 0 Å². The highest BCUT2D eigenvalue weighted by molar-refractivity contribution is 7.73. The number of nitriles is 1. The second-order valence-electron chi connectivity index (χ2n) is 5.92. The Kier molecular flexibility index (Phi) is 7.06. The maximum atomic E-state index is 9.08. The molecule has 0 bridgehead atoms. The van der Waals surface area contributed by atoms with Gasteiger partial charge >= 0.3 is 0 Å². The smallest absolute Gasteiger partial charge is 0.0988 e. The van der Waals surface area contributed by atoms with E-state index in [0.717, 1.165) is 11.5 Å². The molecule has 0 fully saturated rings. The Bertz CT molecular complexity index is 756. The zero-order valence-electron chi connectivity index (χ0n) is 14.1. The van der Waals surface area contributed by atoms with E-state index >= 15 is 0 Å². The first-order valence-corrected chi connectivity index (χ1v) is 9.86. The van der Waals surface area contributed by atoms with E-state index in [2.05, 4.69) is 73.7 Å². The highest BCUT2D eigenvalue weighted by atomic mass is 35.5. The first-order chi connectivity index (χ1) is 11.7. The van der Waals surface area contributed by atoms with E-state index < -0.39 is 7.92 Å². The summed E-state index contributed by atoms with van der Waals surface area (Å²) >= 11 is 6.55. The molecule has 0 amide bonds. The summed E-state index contributed by atoms with van der Waals surface area (Å²) in [7, 11) is -0.518. The Labute approximate surface area is 158 Å². The molecule has 2 unspecified atom stereocenters. The van der Waals surface area contributed by atoms with E-state index in [0.29, 0.717) is 11.2 Å². The summed E-state index contributed by atoms with van der Waals surface area (Å²) in [4.78, 5) is 0. The average Bonchev–Trinajstić information content (AvgIpc) is 2.63. The lowest BCUT2D eigenvalue weighted by Crippen LogP contribution is -2.27. The first-order valence-electron chi connectivity index (χ1n) is 8.07. The van der Waals surface area contributed by atoms with Crippen molar-refractivity contribution >= 4 is 38.5 Å². The van der Waals surface area contributed by atoms with Crippen LogP contribution in [-0.2, 0) is 0 Å². The van der Waals surface area contributed by atoms with Crippen LogP contribution < -0.4 is 10.6 Å². The van der Waals surface area contributed by atoms with Gasteiger partial charge in [0.25, 0.3) is 0 Å². The fourth-order valence-corrected chi connectivity index (χ4v) is 6.51. The van der Waals surface area contributed by atoms with Crippen LogP contribution in [0, 0.1) is 17.2 Å². The molecular formula is C21H19BClNP. The number of rotatable bonds is 4. The number of allylic oxidation sites excluding steroid dienone is 4. The largest absolute Gasteiger partial charge is 0.192 e. The van der Waals surface area contributed by atoms with Gasteiger partial charge in [0.05, 0.1) is 6.07 Å². The maximum Gasteiger partial charge on any atom is 0.0988 e. The highest BCUT2D eigenvalue weighted by Crippen LogP contribution is 2.47. The third kappa shape index (κ3) is 4.43. The molecule has 3 rings (SSSR count). The van der Waals surface area contributed by atoms with E-state index in [4.69, 9.17) is 16.9 Å². The van der Waals surface area contributed by atoms with Crippen LogP contribution in [0.15, 0.2) is 83.4 Å². The number of nitrogens with zero attached hydrogens (tertiary/aromatic N) is 1. The molecule has 0 aromatic heterocycles. The summed E-state index contributed by atoms with van der Waals surface area (Å²) in [5.41, 5.74) is 1.07. The highest BCUT2D eigenvalue weighted by Gasteiger charge is 2.30. The number of hydrogen-bond acceptors (Lipinski definition) is 1. The Hall–Kier alpha value is -1.81. The van der Waals surface area contributed by atoms with Crippen LogP contribution >= 0.6 is 19.5 Å². The molecule has 0 saturated heterocycles. The molecule has 2 atom stereocenters. The van der Waals surface area contributed by atoms with Crippen molar-refractivity contribution in [3.05, 3.63) is 83.4 Å². The number of benzene rings is 2. The molecule has 123 valence electrons. The van der Waals surface area contributed by atoms with Crippen LogP contribution in [0.2, 0.25) is 0 Å². The van der Waals surface area contributed by atoms with Gasteiger partial charge in [-0.05, 0) is 36.7 Å². The molecule has 2 aromatic carbocycles. The second kappa shape index (κ2) is 9.05. The predicted octanol–water partition coefficient (Wildman–Crippen LogP) is 4.72. The van der Waals surface area contributed by atoms with Crippen molar-refractivity contribution in [1.82, 2.24) is 0 Å². The molecule has 0 heterocycles. The third-order valence-corrected chi connectivity index (χ3v) is 7.70. The molecule has 4 heteroatoms. The van der Waals surface area contributed by atoms with Crippen molar-refractivity contribution in [3.8, 4) is 6.07 Å². The number of hydrogen-bond donors (Lipinski definition) is 0. The van der Waals surface area contributed by atoms with Gasteiger partial charge in [-0.2, -0.15) is 5.26 Å². The Morgan fingerprint density at radius 2 is 1.56 bits per heavy atom. The van der Waals surface area contributed by atoms with Gasteiger partial charge in [-0.25, -0.2) is 0 Å². The monoisotopic (exact) mass is 362 g/mol. The van der Waals surface area contributed by atoms with Gasteiger partial charge in [0, 0.05) is 24.9 Å². The number of halogens is 1. The van der Waals surface area contributed by atoms with Crippen molar-refractivity contribution in [3.63, 3.8) is 0 Å². The third-order valence-electron chi connectivity index (χ3n) is 4.43. The predicted molar refractivity (Wildman–Crippen MR) is 110 cm³/mol. The van der Waals surface area contributed by atoms with Crippen molar-refractivity contribution in [2.75, 3.05) is 0 Å². The van der Waals surface area contributed by atoms with Crippen LogP contribution in [0.3, 0.4) is 0 Å². The van der Waals surface area contributed by atoms with Crippen LogP contribution in [0.4, 0.5) is 0 Å². The zero-order chi connectivity index (χ0) is 16.9. The molecule has 1 aliphatic carbocycles. The van der Waals surface area contributed by atoms with Crippen molar-refractivity contribution in [2.24, 2.45) is 5.92 Å². The lowest BCUT2D eigenvalue weighted by molar-refractivity contribution is 0.630. The van der Waals surface area contributed by atoms with E-state index in [-0.39, 0.29) is 14.3 Å². The minimum absolute atomic E-state index is 0. The fourth-order valence-electron chi connectivity index (χ4n) is 3.16. The minimum Gasteiger partial charge on any atom is -0.192 e. The fraction of sp³-hybridized carbons (Fsp3) is 0.190. The topological polar surface area (TPSA) is 23.8 Å². The molecule has 2 aromatic rings. The van der Waals surface area contributed by atoms with Crippen LogP contribution in [0.5, 0.6) is 0 Å². The normalized spacial score (nSPS) is 17.8. The molecule has 0 saturated carbocycles. The van der Waals surface area contributed by atoms with Gasteiger partial charge < -0.3 is 0 Å². The quantitative estimate of drug-likeness (QED) is 0.570. The summed E-state index contributed by atoms with van der Waals surface area (Å²) in [6, 6.07) is 23.6. The van der Waals surface area contributed by atoms with Crippen LogP contribution in [0.1, 0.15) is 13.3 Å². The van der Waals surface area contributed by atoms with E-state index in [1.54, 1.807) is 0 Å². The van der Waals surface area contributed by atoms with Crippen LogP contribution in [-0.4, -0.2) is 14.1 Å². The average molecular weight is 363 g/mol. The standard InChI is InChI=1S/C21H19ClNP.B/c1-16(20-13-12-17(15-23)14-21(20)22)24(18-8-4-2-5-9-18)19-10-6-3-7-11-19;/h2-12,14,16,20H,13H2,1H3;. The van der Waals surface area contributed by atoms with Gasteiger partial charge in [-0.1, -0.05) is 85.3 Å². The molecule has 25 heavy (non-hydrogen) atoms. The molecular weight excluding hydrogens is 343 g/mol. The van der Waals surface area contributed by atoms with Crippen molar-refractivity contribution in [1.29, 1.82) is 5.26 Å². The summed E-state index contributed by atoms with van der Waals surface area (Å²) in [5.74, 6) is 0.260. The molecule has 3 radical (unpaired) electrons. The lowest BCUT2D eigenvalue weighted by atomic mass is 9.94. The van der Waals surface area contributed by atoms with Gasteiger partial charge in [0.1, 0.15) is 0 Å². The van der Waals surface area contributed by atoms with Gasteiger partial charge in [0.2, 0.25) is 0 Å². The summed E-state index contributed by atoms with van der Waals surface area (Å²) < 4.78 is 0. The van der Waals surface area contributed by atoms with Gasteiger partial charge in [0.15, 0.2) is 0 Å². The first kappa shape index (κ1) is 19.5. The molecule has 1 nitrogen and oxygen atoms in total. The summed E-state index contributed by atoms with van der Waals surface area (Å²) in [6.45, 7) is 2.29. The SMILES string of the molecule is CC(C1CC=C(C#N)C=C1Cl)P(c1ccccc1)c1ccccc1.[B]. The van der Waals surface area contributed by atoms with E-state index in [1.807, 2.05) is 12.2 Å². The summed E-state index contributed by atoms with van der Waals surface area (Å²) in [5, 5.41) is 12.6. The lowest BCUT2D eigenvalue weighted by Gasteiger charge is -2.33. The zero-order valence-corrected chi connectivity index (χ0v) is 15.8. The molecule has 0 aliphatic heterocycles. The minimum atomic E-state index is -0.518. The Morgan fingerprint density at radius 3 is 2.00 bits per heavy atom. The van der Waals surface area contributed by atoms with E-state index in [1.165, 1.54) is 10.6 Å². The van der Waals surface area contributed by atoms with Gasteiger partial charge in [-0.3, -0.25) is 0 Å². The Morgan fingerprint density at radius 1 is 1.04 bits per heavy atom. The second-order valence-corrected chi connectivity index (χ2v) is 8.95. The maximum absolute atomic E-state index is 9.08. The molecule has 0 N–H and O–H groups in total. The van der Waals surface area contributed by atoms with Crippen LogP contribution in [0.25, 0.3) is 0 Å². The van der Waals surface area contributed by atoms with E-state index in [9.17, 15) is 0 Å². The van der Waals surface area contributed by atoms with Crippen molar-refractivity contribution in [2.45, 2.75) is 19.0 Å². The molecule has 1 aliphatic rings. The summed E-state index contributed by atoms with van der Waals surface area (Å²) in [6.07, 6.45) is 4.67. The molecule has 0 spiro atoms. The Balaban J connectivity index is 0.00000225. The van der Waals surface area contributed by atoms with Gasteiger partial charge in [-0.15, -0.1) is 0 Å².